The number of hydrogen-bond donors (Lipinski definition) is 1. The standard InChI is InChI=1S/C11H21NO2.C2H6/c1-7-9(14)12-11(5,6)10(3,4)8(2)13;1-2/h7H2,1-6H3,(H,12,14);1-2H3. The number of rotatable bonds is 4. The van der Waals surface area contributed by atoms with Gasteiger partial charge in [0.15, 0.2) is 0 Å². The maximum Gasteiger partial charge on any atom is 0.220 e. The molecule has 3 heteroatoms. The van der Waals surface area contributed by atoms with Crippen molar-refractivity contribution in [2.75, 3.05) is 0 Å². The smallest absolute Gasteiger partial charge is 0.220 e. The van der Waals surface area contributed by atoms with Crippen molar-refractivity contribution in [1.29, 1.82) is 0 Å². The van der Waals surface area contributed by atoms with Crippen LogP contribution in [0.25, 0.3) is 0 Å². The lowest BCUT2D eigenvalue weighted by Gasteiger charge is -2.40. The van der Waals surface area contributed by atoms with Gasteiger partial charge in [-0.25, -0.2) is 0 Å². The summed E-state index contributed by atoms with van der Waals surface area (Å²) in [6.45, 7) is 14.8. The zero-order chi connectivity index (χ0) is 13.6. The molecule has 0 aromatic rings. The highest BCUT2D eigenvalue weighted by Gasteiger charge is 2.41. The molecule has 1 amide bonds. The van der Waals surface area contributed by atoms with Gasteiger partial charge in [0.1, 0.15) is 5.78 Å². The fourth-order valence-corrected chi connectivity index (χ4v) is 1.03. The second-order valence-electron chi connectivity index (χ2n) is 4.71. The van der Waals surface area contributed by atoms with E-state index in [1.807, 2.05) is 41.5 Å². The zero-order valence-corrected chi connectivity index (χ0v) is 12.0. The molecule has 0 unspecified atom stereocenters. The fourth-order valence-electron chi connectivity index (χ4n) is 1.03. The van der Waals surface area contributed by atoms with Gasteiger partial charge < -0.3 is 5.32 Å². The minimum absolute atomic E-state index is 0.0238. The Morgan fingerprint density at radius 1 is 1.06 bits per heavy atom. The summed E-state index contributed by atoms with van der Waals surface area (Å²) in [5.41, 5.74) is -1.05. The molecule has 0 rings (SSSR count). The molecular weight excluding hydrogens is 202 g/mol. The van der Waals surface area contributed by atoms with E-state index in [1.165, 1.54) is 0 Å². The molecule has 0 aliphatic rings. The Bertz CT molecular complexity index is 242. The van der Waals surface area contributed by atoms with E-state index in [0.717, 1.165) is 0 Å². The first kappa shape index (κ1) is 17.5. The highest BCUT2D eigenvalue weighted by molar-refractivity contribution is 5.85. The van der Waals surface area contributed by atoms with Gasteiger partial charge >= 0.3 is 0 Å². The van der Waals surface area contributed by atoms with E-state index >= 15 is 0 Å². The predicted octanol–water partition coefficient (Wildman–Crippen LogP) is 2.93. The van der Waals surface area contributed by atoms with E-state index in [-0.39, 0.29) is 11.7 Å². The topological polar surface area (TPSA) is 46.2 Å². The van der Waals surface area contributed by atoms with Gasteiger partial charge in [-0.15, -0.1) is 0 Å². The average Bonchev–Trinajstić information content (AvgIpc) is 2.19. The lowest BCUT2D eigenvalue weighted by molar-refractivity contribution is -0.131. The molecule has 0 bridgehead atoms. The number of ketones is 1. The molecule has 3 nitrogen and oxygen atoms in total. The molecule has 0 radical (unpaired) electrons. The quantitative estimate of drug-likeness (QED) is 0.805. The van der Waals surface area contributed by atoms with Crippen LogP contribution < -0.4 is 5.32 Å². The van der Waals surface area contributed by atoms with Crippen LogP contribution in [-0.2, 0) is 9.59 Å². The molecule has 0 saturated carbocycles. The molecule has 0 heterocycles. The van der Waals surface area contributed by atoms with Gasteiger partial charge in [-0.1, -0.05) is 34.6 Å². The van der Waals surface area contributed by atoms with Crippen LogP contribution in [0.2, 0.25) is 0 Å². The molecule has 96 valence electrons. The first-order valence-electron chi connectivity index (χ1n) is 5.97. The lowest BCUT2D eigenvalue weighted by Crippen LogP contribution is -2.56. The number of nitrogens with one attached hydrogen (secondary N) is 1. The van der Waals surface area contributed by atoms with Crippen molar-refractivity contribution in [3.05, 3.63) is 0 Å². The number of carbonyl (C=O) groups excluding carboxylic acids is 2. The maximum absolute atomic E-state index is 11.4. The van der Waals surface area contributed by atoms with E-state index < -0.39 is 11.0 Å². The summed E-state index contributed by atoms with van der Waals surface area (Å²) in [7, 11) is 0. The first-order valence-corrected chi connectivity index (χ1v) is 5.97. The van der Waals surface area contributed by atoms with E-state index in [4.69, 9.17) is 0 Å². The number of carbonyl (C=O) groups is 2. The molecule has 0 atom stereocenters. The summed E-state index contributed by atoms with van der Waals surface area (Å²) >= 11 is 0. The summed E-state index contributed by atoms with van der Waals surface area (Å²) in [6, 6.07) is 0. The SMILES string of the molecule is CC.CCC(=O)NC(C)(C)C(C)(C)C(C)=O. The third kappa shape index (κ3) is 4.33. The van der Waals surface area contributed by atoms with Crippen LogP contribution in [0, 0.1) is 5.41 Å². The molecule has 0 aromatic carbocycles. The molecule has 1 N–H and O–H groups in total. The minimum atomic E-state index is -0.544. The van der Waals surface area contributed by atoms with E-state index in [9.17, 15) is 9.59 Å². The lowest BCUT2D eigenvalue weighted by atomic mass is 9.72. The van der Waals surface area contributed by atoms with Crippen molar-refractivity contribution in [3.63, 3.8) is 0 Å². The third-order valence-electron chi connectivity index (χ3n) is 3.22. The Labute approximate surface area is 100.0 Å². The van der Waals surface area contributed by atoms with Crippen LogP contribution in [-0.4, -0.2) is 17.2 Å². The van der Waals surface area contributed by atoms with Crippen molar-refractivity contribution < 1.29 is 9.59 Å². The second kappa shape index (κ2) is 6.66. The molecule has 0 aromatic heterocycles. The van der Waals surface area contributed by atoms with Gasteiger partial charge in [-0.3, -0.25) is 9.59 Å². The Kier molecular flexibility index (Phi) is 7.30. The summed E-state index contributed by atoms with van der Waals surface area (Å²) in [6.07, 6.45) is 0.442. The monoisotopic (exact) mass is 229 g/mol. The highest BCUT2D eigenvalue weighted by atomic mass is 16.2. The Hall–Kier alpha value is -0.860. The minimum Gasteiger partial charge on any atom is -0.350 e. The van der Waals surface area contributed by atoms with Gasteiger partial charge in [-0.05, 0) is 20.8 Å². The van der Waals surface area contributed by atoms with Crippen LogP contribution in [0.15, 0.2) is 0 Å². The summed E-state index contributed by atoms with van der Waals surface area (Å²) in [4.78, 5) is 22.7. The van der Waals surface area contributed by atoms with E-state index in [0.29, 0.717) is 6.42 Å². The maximum atomic E-state index is 11.4. The summed E-state index contributed by atoms with van der Waals surface area (Å²) in [5.74, 6) is 0.0585. The van der Waals surface area contributed by atoms with E-state index in [1.54, 1.807) is 13.8 Å². The molecule has 0 aliphatic carbocycles. The molecule has 0 saturated heterocycles. The van der Waals surface area contributed by atoms with Gasteiger partial charge in [-0.2, -0.15) is 0 Å². The largest absolute Gasteiger partial charge is 0.350 e. The zero-order valence-electron chi connectivity index (χ0n) is 12.0. The molecule has 0 aliphatic heterocycles. The number of Topliss-reactive ketones (excluding diaryl/α,β-unsaturated/α-hetero) is 1. The van der Waals surface area contributed by atoms with Crippen molar-refractivity contribution in [3.8, 4) is 0 Å². The van der Waals surface area contributed by atoms with Crippen LogP contribution in [0.5, 0.6) is 0 Å². The van der Waals surface area contributed by atoms with Gasteiger partial charge in [0.05, 0.1) is 0 Å². The summed E-state index contributed by atoms with van der Waals surface area (Å²) in [5, 5.41) is 2.87. The summed E-state index contributed by atoms with van der Waals surface area (Å²) < 4.78 is 0. The van der Waals surface area contributed by atoms with Gasteiger partial charge in [0, 0.05) is 17.4 Å². The number of hydrogen-bond acceptors (Lipinski definition) is 2. The second-order valence-corrected chi connectivity index (χ2v) is 4.71. The molecular formula is C13H27NO2. The predicted molar refractivity (Wildman–Crippen MR) is 68.3 cm³/mol. The number of amides is 1. The van der Waals surface area contributed by atoms with Crippen LogP contribution >= 0.6 is 0 Å². The van der Waals surface area contributed by atoms with Crippen LogP contribution in [0.4, 0.5) is 0 Å². The van der Waals surface area contributed by atoms with Crippen molar-refractivity contribution in [2.24, 2.45) is 5.41 Å². The van der Waals surface area contributed by atoms with Crippen molar-refractivity contribution in [2.45, 2.75) is 67.3 Å². The first-order chi connectivity index (χ1) is 7.15. The van der Waals surface area contributed by atoms with Crippen LogP contribution in [0.1, 0.15) is 61.8 Å². The van der Waals surface area contributed by atoms with Crippen molar-refractivity contribution >= 4 is 11.7 Å². The fraction of sp³-hybridized carbons (Fsp3) is 0.846. The third-order valence-corrected chi connectivity index (χ3v) is 3.22. The Morgan fingerprint density at radius 2 is 1.44 bits per heavy atom. The average molecular weight is 229 g/mol. The molecule has 0 fully saturated rings. The normalized spacial score (nSPS) is 11.2. The van der Waals surface area contributed by atoms with E-state index in [2.05, 4.69) is 5.32 Å². The Balaban J connectivity index is 0. The Morgan fingerprint density at radius 3 is 1.69 bits per heavy atom. The molecule has 0 spiro atoms. The molecule has 16 heavy (non-hydrogen) atoms. The van der Waals surface area contributed by atoms with Gasteiger partial charge in [0.25, 0.3) is 0 Å². The van der Waals surface area contributed by atoms with Crippen molar-refractivity contribution in [1.82, 2.24) is 5.32 Å². The van der Waals surface area contributed by atoms with Crippen LogP contribution in [0.3, 0.4) is 0 Å². The highest BCUT2D eigenvalue weighted by Crippen LogP contribution is 2.31. The van der Waals surface area contributed by atoms with Gasteiger partial charge in [0.2, 0.25) is 5.91 Å².